The van der Waals surface area contributed by atoms with Gasteiger partial charge in [0.1, 0.15) is 6.04 Å². The zero-order valence-electron chi connectivity index (χ0n) is 13.0. The molecule has 1 aromatic heterocycles. The number of aliphatic carboxylic acids is 1. The number of thiazole rings is 1. The van der Waals surface area contributed by atoms with Crippen LogP contribution in [0.15, 0.2) is 5.38 Å². The molecule has 7 nitrogen and oxygen atoms in total. The second kappa shape index (κ2) is 7.88. The van der Waals surface area contributed by atoms with Gasteiger partial charge < -0.3 is 15.7 Å². The van der Waals surface area contributed by atoms with Crippen molar-refractivity contribution in [1.82, 2.24) is 10.3 Å². The van der Waals surface area contributed by atoms with Crippen molar-refractivity contribution in [3.8, 4) is 0 Å². The molecule has 0 saturated carbocycles. The number of nitrogens with zero attached hydrogens (tertiary/aromatic N) is 1. The minimum atomic E-state index is -1.06. The van der Waals surface area contributed by atoms with Crippen molar-refractivity contribution >= 4 is 34.3 Å². The van der Waals surface area contributed by atoms with Crippen LogP contribution in [0.1, 0.15) is 33.4 Å². The first-order chi connectivity index (χ1) is 10.2. The molecule has 1 aromatic rings. The summed E-state index contributed by atoms with van der Waals surface area (Å²) in [5.41, 5.74) is 0.495. The van der Waals surface area contributed by atoms with Crippen LogP contribution in [0.25, 0.3) is 0 Å². The number of amides is 2. The smallest absolute Gasteiger partial charge is 0.326 e. The molecular formula is C14H21N3O4S. The predicted octanol–water partition coefficient (Wildman–Crippen LogP) is 1.51. The number of carbonyl (C=O) groups is 3. The topological polar surface area (TPSA) is 108 Å². The van der Waals surface area contributed by atoms with Crippen LogP contribution in [-0.4, -0.2) is 33.9 Å². The van der Waals surface area contributed by atoms with Crippen molar-refractivity contribution in [2.75, 3.05) is 5.32 Å². The zero-order chi connectivity index (χ0) is 16.9. The predicted molar refractivity (Wildman–Crippen MR) is 83.7 cm³/mol. The molecule has 3 N–H and O–H groups in total. The summed E-state index contributed by atoms with van der Waals surface area (Å²) >= 11 is 1.23. The molecule has 0 unspecified atom stereocenters. The van der Waals surface area contributed by atoms with Crippen LogP contribution in [-0.2, 0) is 20.8 Å². The first-order valence-corrected chi connectivity index (χ1v) is 7.86. The third kappa shape index (κ3) is 5.44. The molecule has 1 rings (SSSR count). The van der Waals surface area contributed by atoms with E-state index in [0.717, 1.165) is 0 Å². The van der Waals surface area contributed by atoms with Crippen molar-refractivity contribution in [3.63, 3.8) is 0 Å². The molecule has 0 aliphatic rings. The number of hydrogen-bond donors (Lipinski definition) is 3. The molecule has 8 heteroatoms. The SMILES string of the molecule is CC(C)C(=O)Nc1nc(CC(=O)N[C@@H](C(=O)O)C(C)C)cs1. The van der Waals surface area contributed by atoms with Gasteiger partial charge in [-0.15, -0.1) is 11.3 Å². The van der Waals surface area contributed by atoms with Gasteiger partial charge in [0, 0.05) is 11.3 Å². The number of anilines is 1. The summed E-state index contributed by atoms with van der Waals surface area (Å²) in [5, 5.41) is 16.3. The summed E-state index contributed by atoms with van der Waals surface area (Å²) in [5.74, 6) is -1.98. The third-order valence-electron chi connectivity index (χ3n) is 2.90. The Kier molecular flexibility index (Phi) is 6.48. The molecular weight excluding hydrogens is 306 g/mol. The van der Waals surface area contributed by atoms with Gasteiger partial charge in [-0.25, -0.2) is 9.78 Å². The van der Waals surface area contributed by atoms with Crippen LogP contribution < -0.4 is 10.6 Å². The molecule has 2 amide bonds. The van der Waals surface area contributed by atoms with Gasteiger partial charge in [-0.05, 0) is 5.92 Å². The van der Waals surface area contributed by atoms with Crippen LogP contribution in [0.5, 0.6) is 0 Å². The third-order valence-corrected chi connectivity index (χ3v) is 3.70. The molecule has 0 radical (unpaired) electrons. The van der Waals surface area contributed by atoms with Crippen molar-refractivity contribution in [2.24, 2.45) is 11.8 Å². The molecule has 122 valence electrons. The summed E-state index contributed by atoms with van der Waals surface area (Å²) in [7, 11) is 0. The van der Waals surface area contributed by atoms with Crippen LogP contribution in [0, 0.1) is 11.8 Å². The summed E-state index contributed by atoms with van der Waals surface area (Å²) in [6.45, 7) is 6.99. The van der Waals surface area contributed by atoms with E-state index in [1.807, 2.05) is 0 Å². The fourth-order valence-corrected chi connectivity index (χ4v) is 2.31. The summed E-state index contributed by atoms with van der Waals surface area (Å²) in [6, 6.07) is -0.925. The van der Waals surface area contributed by atoms with E-state index in [-0.39, 0.29) is 24.2 Å². The molecule has 0 bridgehead atoms. The Morgan fingerprint density at radius 3 is 2.41 bits per heavy atom. The number of hydrogen-bond acceptors (Lipinski definition) is 5. The molecule has 0 aliphatic heterocycles. The van der Waals surface area contributed by atoms with E-state index < -0.39 is 17.9 Å². The van der Waals surface area contributed by atoms with E-state index in [1.54, 1.807) is 33.1 Å². The van der Waals surface area contributed by atoms with E-state index >= 15 is 0 Å². The molecule has 0 aromatic carbocycles. The van der Waals surface area contributed by atoms with E-state index in [0.29, 0.717) is 10.8 Å². The maximum absolute atomic E-state index is 11.9. The molecule has 0 spiro atoms. The van der Waals surface area contributed by atoms with Gasteiger partial charge in [-0.3, -0.25) is 9.59 Å². The van der Waals surface area contributed by atoms with Crippen molar-refractivity contribution in [3.05, 3.63) is 11.1 Å². The fraction of sp³-hybridized carbons (Fsp3) is 0.571. The quantitative estimate of drug-likeness (QED) is 0.703. The molecule has 0 aliphatic carbocycles. The minimum absolute atomic E-state index is 0.0233. The number of nitrogens with one attached hydrogen (secondary N) is 2. The summed E-state index contributed by atoms with van der Waals surface area (Å²) in [6.07, 6.45) is -0.0233. The summed E-state index contributed by atoms with van der Waals surface area (Å²) in [4.78, 5) is 38.6. The van der Waals surface area contributed by atoms with E-state index in [4.69, 9.17) is 5.11 Å². The van der Waals surface area contributed by atoms with Gasteiger partial charge in [-0.1, -0.05) is 27.7 Å². The Labute approximate surface area is 133 Å². The lowest BCUT2D eigenvalue weighted by Crippen LogP contribution is -2.44. The van der Waals surface area contributed by atoms with Gasteiger partial charge in [-0.2, -0.15) is 0 Å². The van der Waals surface area contributed by atoms with E-state index in [2.05, 4.69) is 15.6 Å². The van der Waals surface area contributed by atoms with Gasteiger partial charge in [0.15, 0.2) is 5.13 Å². The average Bonchev–Trinajstić information content (AvgIpc) is 2.82. The number of carbonyl (C=O) groups excluding carboxylic acids is 2. The first-order valence-electron chi connectivity index (χ1n) is 6.98. The van der Waals surface area contributed by atoms with Crippen molar-refractivity contribution in [2.45, 2.75) is 40.2 Å². The highest BCUT2D eigenvalue weighted by Gasteiger charge is 2.23. The Balaban J connectivity index is 2.60. The highest BCUT2D eigenvalue weighted by Crippen LogP contribution is 2.16. The lowest BCUT2D eigenvalue weighted by molar-refractivity contribution is -0.143. The van der Waals surface area contributed by atoms with Crippen LogP contribution in [0.4, 0.5) is 5.13 Å². The zero-order valence-corrected chi connectivity index (χ0v) is 13.9. The van der Waals surface area contributed by atoms with Crippen LogP contribution >= 0.6 is 11.3 Å². The Morgan fingerprint density at radius 2 is 1.91 bits per heavy atom. The van der Waals surface area contributed by atoms with Crippen molar-refractivity contribution in [1.29, 1.82) is 0 Å². The molecule has 22 heavy (non-hydrogen) atoms. The van der Waals surface area contributed by atoms with E-state index in [1.165, 1.54) is 11.3 Å². The standard InChI is InChI=1S/C14H21N3O4S/c1-7(2)11(13(20)21)16-10(18)5-9-6-22-14(15-9)17-12(19)8(3)4/h6-8,11H,5H2,1-4H3,(H,16,18)(H,20,21)(H,15,17,19)/t11-/m1/s1. The second-order valence-electron chi connectivity index (χ2n) is 5.59. The minimum Gasteiger partial charge on any atom is -0.480 e. The van der Waals surface area contributed by atoms with E-state index in [9.17, 15) is 14.4 Å². The number of carboxylic acids is 1. The molecule has 1 heterocycles. The Bertz CT molecular complexity index is 554. The highest BCUT2D eigenvalue weighted by atomic mass is 32.1. The molecule has 0 saturated heterocycles. The number of carboxylic acid groups (broad SMARTS) is 1. The van der Waals surface area contributed by atoms with Crippen LogP contribution in [0.2, 0.25) is 0 Å². The van der Waals surface area contributed by atoms with Gasteiger partial charge in [0.25, 0.3) is 0 Å². The normalized spacial score (nSPS) is 12.3. The van der Waals surface area contributed by atoms with Crippen molar-refractivity contribution < 1.29 is 19.5 Å². The first kappa shape index (κ1) is 18.1. The summed E-state index contributed by atoms with van der Waals surface area (Å²) < 4.78 is 0. The number of aromatic nitrogens is 1. The molecule has 0 fully saturated rings. The number of rotatable bonds is 7. The van der Waals surface area contributed by atoms with Gasteiger partial charge >= 0.3 is 5.97 Å². The highest BCUT2D eigenvalue weighted by molar-refractivity contribution is 7.13. The largest absolute Gasteiger partial charge is 0.480 e. The fourth-order valence-electron chi connectivity index (χ4n) is 1.60. The second-order valence-corrected chi connectivity index (χ2v) is 6.45. The Morgan fingerprint density at radius 1 is 1.27 bits per heavy atom. The van der Waals surface area contributed by atoms with Gasteiger partial charge in [0.05, 0.1) is 12.1 Å². The maximum atomic E-state index is 11.9. The average molecular weight is 327 g/mol. The van der Waals surface area contributed by atoms with Gasteiger partial charge in [0.2, 0.25) is 11.8 Å². The maximum Gasteiger partial charge on any atom is 0.326 e. The Hall–Kier alpha value is -1.96. The molecule has 1 atom stereocenters. The monoisotopic (exact) mass is 327 g/mol. The van der Waals surface area contributed by atoms with Crippen LogP contribution in [0.3, 0.4) is 0 Å². The lowest BCUT2D eigenvalue weighted by Gasteiger charge is -2.17. The lowest BCUT2D eigenvalue weighted by atomic mass is 10.0.